The fourth-order valence-electron chi connectivity index (χ4n) is 2.50. The quantitative estimate of drug-likeness (QED) is 0.583. The molecular weight excluding hydrogens is 361 g/mol. The SMILES string of the molecule is CC(C)(C)OC(=O)N1C=C(CN=CC(=CN)B2OC(C)(C)C(C)(C)O2)OCC1. The van der Waals surface area contributed by atoms with Crippen molar-refractivity contribution >= 4 is 19.4 Å². The highest BCUT2D eigenvalue weighted by molar-refractivity contribution is 6.60. The third-order valence-corrected chi connectivity index (χ3v) is 4.75. The molecule has 9 heteroatoms. The molecule has 0 atom stereocenters. The van der Waals surface area contributed by atoms with E-state index in [1.807, 2.05) is 48.5 Å². The van der Waals surface area contributed by atoms with Crippen LogP contribution in [0.2, 0.25) is 0 Å². The zero-order valence-corrected chi connectivity index (χ0v) is 17.9. The summed E-state index contributed by atoms with van der Waals surface area (Å²) in [7, 11) is -0.585. The molecule has 0 radical (unpaired) electrons. The maximum atomic E-state index is 12.2. The smallest absolute Gasteiger partial charge is 0.493 e. The van der Waals surface area contributed by atoms with Crippen molar-refractivity contribution in [3.05, 3.63) is 23.6 Å². The lowest BCUT2D eigenvalue weighted by Gasteiger charge is -2.32. The Morgan fingerprint density at radius 2 is 1.93 bits per heavy atom. The van der Waals surface area contributed by atoms with Gasteiger partial charge in [-0.25, -0.2) is 4.79 Å². The van der Waals surface area contributed by atoms with Crippen LogP contribution < -0.4 is 5.73 Å². The number of allylic oxidation sites excluding steroid dienone is 1. The molecule has 2 aliphatic rings. The van der Waals surface area contributed by atoms with Gasteiger partial charge in [0.25, 0.3) is 0 Å². The van der Waals surface area contributed by atoms with Crippen LogP contribution in [0.3, 0.4) is 0 Å². The summed E-state index contributed by atoms with van der Waals surface area (Å²) in [6.45, 7) is 14.5. The monoisotopic (exact) mass is 393 g/mol. The molecule has 2 N–H and O–H groups in total. The topological polar surface area (TPSA) is 95.6 Å². The minimum absolute atomic E-state index is 0.260. The number of nitrogens with two attached hydrogens (primary N) is 1. The van der Waals surface area contributed by atoms with Crippen LogP contribution in [-0.4, -0.2) is 60.8 Å². The van der Waals surface area contributed by atoms with Crippen molar-refractivity contribution in [1.29, 1.82) is 0 Å². The van der Waals surface area contributed by atoms with Gasteiger partial charge in [-0.2, -0.15) is 0 Å². The zero-order chi connectivity index (χ0) is 21.2. The molecule has 0 aromatic carbocycles. The van der Waals surface area contributed by atoms with Crippen molar-refractivity contribution in [2.75, 3.05) is 19.7 Å². The van der Waals surface area contributed by atoms with E-state index in [4.69, 9.17) is 24.5 Å². The zero-order valence-electron chi connectivity index (χ0n) is 17.9. The maximum Gasteiger partial charge on any atom is 0.497 e. The van der Waals surface area contributed by atoms with Gasteiger partial charge >= 0.3 is 13.2 Å². The second kappa shape index (κ2) is 8.17. The van der Waals surface area contributed by atoms with Crippen molar-refractivity contribution in [2.24, 2.45) is 10.7 Å². The molecule has 0 aromatic heterocycles. The van der Waals surface area contributed by atoms with Crippen LogP contribution in [0.5, 0.6) is 0 Å². The van der Waals surface area contributed by atoms with Crippen molar-refractivity contribution in [3.8, 4) is 0 Å². The van der Waals surface area contributed by atoms with E-state index in [-0.39, 0.29) is 6.54 Å². The van der Waals surface area contributed by atoms with Gasteiger partial charge in [-0.15, -0.1) is 0 Å². The van der Waals surface area contributed by atoms with Crippen LogP contribution in [-0.2, 0) is 18.8 Å². The molecule has 0 aliphatic carbocycles. The van der Waals surface area contributed by atoms with Crippen LogP contribution in [0, 0.1) is 0 Å². The van der Waals surface area contributed by atoms with E-state index in [1.165, 1.54) is 11.1 Å². The summed E-state index contributed by atoms with van der Waals surface area (Å²) in [4.78, 5) is 18.1. The molecule has 8 nitrogen and oxygen atoms in total. The lowest BCUT2D eigenvalue weighted by atomic mass is 9.79. The molecule has 1 saturated heterocycles. The van der Waals surface area contributed by atoms with E-state index in [0.717, 1.165) is 0 Å². The Labute approximate surface area is 167 Å². The van der Waals surface area contributed by atoms with Gasteiger partial charge < -0.3 is 24.5 Å². The molecule has 2 aliphatic heterocycles. The average molecular weight is 393 g/mol. The number of amides is 1. The van der Waals surface area contributed by atoms with Gasteiger partial charge in [-0.05, 0) is 54.7 Å². The van der Waals surface area contributed by atoms with E-state index >= 15 is 0 Å². The normalized spacial score (nSPS) is 22.2. The van der Waals surface area contributed by atoms with Gasteiger partial charge in [0.2, 0.25) is 0 Å². The summed E-state index contributed by atoms with van der Waals surface area (Å²) in [6.07, 6.45) is 4.25. The van der Waals surface area contributed by atoms with Crippen LogP contribution in [0.1, 0.15) is 48.5 Å². The van der Waals surface area contributed by atoms with Gasteiger partial charge in [0.1, 0.15) is 18.0 Å². The number of carbonyl (C=O) groups excluding carboxylic acids is 1. The predicted molar refractivity (Wildman–Crippen MR) is 109 cm³/mol. The summed E-state index contributed by atoms with van der Waals surface area (Å²) in [5, 5.41) is 0. The minimum Gasteiger partial charge on any atom is -0.493 e. The summed E-state index contributed by atoms with van der Waals surface area (Å²) >= 11 is 0. The first-order chi connectivity index (χ1) is 12.8. The van der Waals surface area contributed by atoms with E-state index < -0.39 is 30.0 Å². The highest BCUT2D eigenvalue weighted by atomic mass is 16.7. The van der Waals surface area contributed by atoms with Crippen LogP contribution in [0.15, 0.2) is 28.6 Å². The van der Waals surface area contributed by atoms with Gasteiger partial charge in [0.05, 0.1) is 30.5 Å². The Kier molecular flexibility index (Phi) is 6.50. The van der Waals surface area contributed by atoms with Crippen molar-refractivity contribution < 1.29 is 23.6 Å². The summed E-state index contributed by atoms with van der Waals surface area (Å²) < 4.78 is 22.9. The maximum absolute atomic E-state index is 12.2. The number of rotatable bonds is 4. The molecule has 0 unspecified atom stereocenters. The highest BCUT2D eigenvalue weighted by Gasteiger charge is 2.52. The Bertz CT molecular complexity index is 664. The Hall–Kier alpha value is -2.00. The number of ether oxygens (including phenoxy) is 2. The molecule has 0 saturated carbocycles. The van der Waals surface area contributed by atoms with E-state index in [2.05, 4.69) is 4.99 Å². The van der Waals surface area contributed by atoms with E-state index in [0.29, 0.717) is 24.4 Å². The Balaban J connectivity index is 1.98. The number of hydrogen-bond donors (Lipinski definition) is 1. The van der Waals surface area contributed by atoms with E-state index in [9.17, 15) is 4.79 Å². The lowest BCUT2D eigenvalue weighted by molar-refractivity contribution is 0.00578. The first kappa shape index (κ1) is 22.3. The second-order valence-electron chi connectivity index (χ2n) is 8.84. The third-order valence-electron chi connectivity index (χ3n) is 4.75. The van der Waals surface area contributed by atoms with Gasteiger partial charge in [-0.3, -0.25) is 9.89 Å². The first-order valence-electron chi connectivity index (χ1n) is 9.45. The van der Waals surface area contributed by atoms with Crippen molar-refractivity contribution in [1.82, 2.24) is 4.90 Å². The number of carbonyl (C=O) groups is 1. The number of hydrogen-bond acceptors (Lipinski definition) is 7. The van der Waals surface area contributed by atoms with Crippen LogP contribution in [0.4, 0.5) is 4.79 Å². The van der Waals surface area contributed by atoms with Crippen LogP contribution >= 0.6 is 0 Å². The molecule has 0 aromatic rings. The molecular formula is C19H32BN3O5. The lowest BCUT2D eigenvalue weighted by Crippen LogP contribution is -2.41. The van der Waals surface area contributed by atoms with Gasteiger partial charge in [0.15, 0.2) is 0 Å². The number of nitrogens with zero attached hydrogens (tertiary/aromatic N) is 2. The Morgan fingerprint density at radius 1 is 1.32 bits per heavy atom. The van der Waals surface area contributed by atoms with Gasteiger partial charge in [0, 0.05) is 11.7 Å². The molecule has 0 spiro atoms. The minimum atomic E-state index is -0.585. The fourth-order valence-corrected chi connectivity index (χ4v) is 2.50. The van der Waals surface area contributed by atoms with E-state index in [1.54, 1.807) is 12.4 Å². The fraction of sp³-hybridized carbons (Fsp3) is 0.684. The third kappa shape index (κ3) is 5.51. The first-order valence-corrected chi connectivity index (χ1v) is 9.45. The van der Waals surface area contributed by atoms with Crippen molar-refractivity contribution in [2.45, 2.75) is 65.3 Å². The van der Waals surface area contributed by atoms with Gasteiger partial charge in [-0.1, -0.05) is 0 Å². The molecule has 28 heavy (non-hydrogen) atoms. The second-order valence-corrected chi connectivity index (χ2v) is 8.84. The average Bonchev–Trinajstić information content (AvgIpc) is 2.78. The standard InChI is InChI=1S/C19H32BN3O5/c1-17(2,3)26-16(24)23-8-9-25-15(13-23)12-22-11-14(10-21)20-27-18(4,5)19(6,7)28-20/h10-11,13H,8-9,12,21H2,1-7H3. The highest BCUT2D eigenvalue weighted by Crippen LogP contribution is 2.38. The molecule has 1 amide bonds. The molecule has 2 heterocycles. The number of aliphatic imine (C=N–C) groups is 1. The summed E-state index contributed by atoms with van der Waals surface area (Å²) in [5.41, 5.74) is 4.90. The van der Waals surface area contributed by atoms with Crippen molar-refractivity contribution in [3.63, 3.8) is 0 Å². The summed E-state index contributed by atoms with van der Waals surface area (Å²) in [6, 6.07) is 0. The van der Waals surface area contributed by atoms with Crippen LogP contribution in [0.25, 0.3) is 0 Å². The largest absolute Gasteiger partial charge is 0.497 e. The molecule has 1 fully saturated rings. The summed E-state index contributed by atoms with van der Waals surface area (Å²) in [5.74, 6) is 0.568. The molecule has 2 rings (SSSR count). The predicted octanol–water partition coefficient (Wildman–Crippen LogP) is 2.64. The molecule has 156 valence electrons. The molecule has 0 bridgehead atoms. The Morgan fingerprint density at radius 3 is 2.46 bits per heavy atom.